The number of carbonyl (C=O) groups is 1. The van der Waals surface area contributed by atoms with E-state index in [1.54, 1.807) is 18.2 Å². The fourth-order valence-corrected chi connectivity index (χ4v) is 3.06. The molecule has 1 aliphatic heterocycles. The molecule has 0 radical (unpaired) electrons. The third kappa shape index (κ3) is 4.73. The van der Waals surface area contributed by atoms with Crippen LogP contribution in [-0.2, 0) is 4.79 Å². The summed E-state index contributed by atoms with van der Waals surface area (Å²) in [5, 5.41) is 3.20. The Kier molecular flexibility index (Phi) is 5.73. The molecule has 0 bridgehead atoms. The summed E-state index contributed by atoms with van der Waals surface area (Å²) in [6.07, 6.45) is 2.92. The molecule has 26 heavy (non-hydrogen) atoms. The van der Waals surface area contributed by atoms with Crippen molar-refractivity contribution in [2.45, 2.75) is 26.4 Å². The van der Waals surface area contributed by atoms with Crippen molar-refractivity contribution in [3.8, 4) is 5.75 Å². The summed E-state index contributed by atoms with van der Waals surface area (Å²) >= 11 is 1.26. The Balaban J connectivity index is 1.71. The highest BCUT2D eigenvalue weighted by molar-refractivity contribution is 8.18. The molecule has 0 spiro atoms. The van der Waals surface area contributed by atoms with Gasteiger partial charge in [0, 0.05) is 0 Å². The quantitative estimate of drug-likeness (QED) is 0.762. The van der Waals surface area contributed by atoms with Crippen LogP contribution in [0.5, 0.6) is 5.75 Å². The maximum atomic E-state index is 12.9. The average molecular weight is 370 g/mol. The number of halogens is 1. The van der Waals surface area contributed by atoms with Crippen LogP contribution in [0.25, 0.3) is 6.08 Å². The highest BCUT2D eigenvalue weighted by Crippen LogP contribution is 2.28. The number of nitrogens with zero attached hydrogens (tertiary/aromatic N) is 1. The van der Waals surface area contributed by atoms with Crippen LogP contribution < -0.4 is 10.1 Å². The average Bonchev–Trinajstić information content (AvgIpc) is 2.97. The molecule has 6 heteroatoms. The van der Waals surface area contributed by atoms with Gasteiger partial charge < -0.3 is 10.1 Å². The van der Waals surface area contributed by atoms with E-state index in [-0.39, 0.29) is 17.8 Å². The van der Waals surface area contributed by atoms with Crippen molar-refractivity contribution in [3.63, 3.8) is 0 Å². The third-order valence-electron chi connectivity index (χ3n) is 3.80. The molecular formula is C20H19FN2O2S. The van der Waals surface area contributed by atoms with Gasteiger partial charge in [0.05, 0.1) is 16.7 Å². The lowest BCUT2D eigenvalue weighted by atomic mass is 10.2. The summed E-state index contributed by atoms with van der Waals surface area (Å²) in [4.78, 5) is 17.0. The Bertz CT molecular complexity index is 845. The van der Waals surface area contributed by atoms with Gasteiger partial charge in [-0.15, -0.1) is 0 Å². The summed E-state index contributed by atoms with van der Waals surface area (Å²) in [7, 11) is 0. The molecule has 1 heterocycles. The predicted molar refractivity (Wildman–Crippen MR) is 104 cm³/mol. The van der Waals surface area contributed by atoms with Gasteiger partial charge in [0.1, 0.15) is 11.6 Å². The van der Waals surface area contributed by atoms with Crippen molar-refractivity contribution in [3.05, 3.63) is 64.8 Å². The smallest absolute Gasteiger partial charge is 0.264 e. The number of hydrogen-bond acceptors (Lipinski definition) is 4. The molecule has 0 unspecified atom stereocenters. The van der Waals surface area contributed by atoms with Crippen molar-refractivity contribution in [1.29, 1.82) is 0 Å². The lowest BCUT2D eigenvalue weighted by Gasteiger charge is -2.12. The van der Waals surface area contributed by atoms with Crippen molar-refractivity contribution in [2.75, 3.05) is 0 Å². The van der Waals surface area contributed by atoms with Gasteiger partial charge in [-0.3, -0.25) is 4.79 Å². The van der Waals surface area contributed by atoms with Gasteiger partial charge in [-0.2, -0.15) is 0 Å². The number of nitrogens with one attached hydrogen (secondary N) is 1. The topological polar surface area (TPSA) is 50.7 Å². The number of amidine groups is 1. The fraction of sp³-hybridized carbons (Fsp3) is 0.200. The number of thioether (sulfide) groups is 1. The van der Waals surface area contributed by atoms with E-state index in [0.29, 0.717) is 15.8 Å². The predicted octanol–water partition coefficient (Wildman–Crippen LogP) is 4.89. The van der Waals surface area contributed by atoms with Crippen molar-refractivity contribution in [2.24, 2.45) is 4.99 Å². The van der Waals surface area contributed by atoms with Crippen molar-refractivity contribution < 1.29 is 13.9 Å². The summed E-state index contributed by atoms with van der Waals surface area (Å²) in [6.45, 7) is 4.10. The second-order valence-corrected chi connectivity index (χ2v) is 6.89. The Morgan fingerprint density at radius 2 is 1.88 bits per heavy atom. The van der Waals surface area contributed by atoms with Gasteiger partial charge in [0.2, 0.25) is 0 Å². The Morgan fingerprint density at radius 3 is 2.54 bits per heavy atom. The fourth-order valence-electron chi connectivity index (χ4n) is 2.22. The van der Waals surface area contributed by atoms with E-state index in [0.717, 1.165) is 17.7 Å². The van der Waals surface area contributed by atoms with E-state index in [1.165, 1.54) is 23.9 Å². The summed E-state index contributed by atoms with van der Waals surface area (Å²) < 4.78 is 18.7. The Morgan fingerprint density at radius 1 is 1.19 bits per heavy atom. The normalized spacial score (nSPS) is 18.2. The molecule has 1 fully saturated rings. The molecule has 2 aromatic rings. The van der Waals surface area contributed by atoms with Crippen LogP contribution in [0.3, 0.4) is 0 Å². The van der Waals surface area contributed by atoms with E-state index in [4.69, 9.17) is 4.74 Å². The largest absolute Gasteiger partial charge is 0.491 e. The van der Waals surface area contributed by atoms with Crippen LogP contribution in [0.1, 0.15) is 25.8 Å². The first-order chi connectivity index (χ1) is 12.5. The summed E-state index contributed by atoms with van der Waals surface area (Å²) in [6, 6.07) is 13.4. The second kappa shape index (κ2) is 8.19. The van der Waals surface area contributed by atoms with Crippen LogP contribution in [0, 0.1) is 5.82 Å². The number of carbonyl (C=O) groups excluding carboxylic acids is 1. The minimum atomic E-state index is -0.321. The maximum Gasteiger partial charge on any atom is 0.264 e. The zero-order chi connectivity index (χ0) is 18.5. The van der Waals surface area contributed by atoms with Gasteiger partial charge in [0.15, 0.2) is 5.17 Å². The molecule has 0 aliphatic carbocycles. The molecule has 4 nitrogen and oxygen atoms in total. The number of rotatable bonds is 5. The number of aliphatic imine (C=N–C) groups is 1. The highest BCUT2D eigenvalue weighted by atomic mass is 32.2. The molecule has 3 rings (SSSR count). The van der Waals surface area contributed by atoms with Crippen LogP contribution in [-0.4, -0.2) is 17.2 Å². The zero-order valence-electron chi connectivity index (χ0n) is 14.5. The first-order valence-electron chi connectivity index (χ1n) is 8.35. The Hall–Kier alpha value is -2.60. The number of hydrogen-bond donors (Lipinski definition) is 1. The lowest BCUT2D eigenvalue weighted by Crippen LogP contribution is -2.19. The molecule has 0 saturated carbocycles. The van der Waals surface area contributed by atoms with Crippen LogP contribution in [0.4, 0.5) is 10.1 Å². The standard InChI is InChI=1S/C20H19FN2O2S/c1-3-13(2)25-17-10-4-14(5-11-17)12-18-19(24)23-20(26-18)22-16-8-6-15(21)7-9-16/h4-13H,3H2,1-2H3,(H,22,23,24)/b18-12+/t13-/m1/s1. The Labute approximate surface area is 156 Å². The van der Waals surface area contributed by atoms with Gasteiger partial charge in [-0.05, 0) is 73.1 Å². The highest BCUT2D eigenvalue weighted by Gasteiger charge is 2.23. The van der Waals surface area contributed by atoms with Gasteiger partial charge in [-0.1, -0.05) is 19.1 Å². The number of amides is 1. The molecule has 1 N–H and O–H groups in total. The van der Waals surface area contributed by atoms with E-state index < -0.39 is 0 Å². The SMILES string of the molecule is CC[C@@H](C)Oc1ccc(/C=C2/SC(=Nc3ccc(F)cc3)NC2=O)cc1. The summed E-state index contributed by atoms with van der Waals surface area (Å²) in [5.74, 6) is 0.290. The lowest BCUT2D eigenvalue weighted by molar-refractivity contribution is -0.115. The number of ether oxygens (including phenoxy) is 1. The molecule has 0 aromatic heterocycles. The van der Waals surface area contributed by atoms with Crippen LogP contribution in [0.15, 0.2) is 58.4 Å². The minimum absolute atomic E-state index is 0.167. The first-order valence-corrected chi connectivity index (χ1v) is 9.17. The monoisotopic (exact) mass is 370 g/mol. The van der Waals surface area contributed by atoms with Gasteiger partial charge >= 0.3 is 0 Å². The summed E-state index contributed by atoms with van der Waals surface area (Å²) in [5.41, 5.74) is 1.49. The van der Waals surface area contributed by atoms with Gasteiger partial charge in [0.25, 0.3) is 5.91 Å². The van der Waals surface area contributed by atoms with Crippen LogP contribution in [0.2, 0.25) is 0 Å². The molecule has 1 aliphatic rings. The van der Waals surface area contributed by atoms with Crippen molar-refractivity contribution in [1.82, 2.24) is 5.32 Å². The molecule has 2 aromatic carbocycles. The van der Waals surface area contributed by atoms with E-state index in [1.807, 2.05) is 31.2 Å². The first kappa shape index (κ1) is 18.2. The van der Waals surface area contributed by atoms with E-state index in [2.05, 4.69) is 17.2 Å². The number of benzene rings is 2. The van der Waals surface area contributed by atoms with Gasteiger partial charge in [-0.25, -0.2) is 9.38 Å². The van der Waals surface area contributed by atoms with E-state index in [9.17, 15) is 9.18 Å². The van der Waals surface area contributed by atoms with Crippen molar-refractivity contribution >= 4 is 34.6 Å². The molecular weight excluding hydrogens is 351 g/mol. The molecule has 134 valence electrons. The second-order valence-electron chi connectivity index (χ2n) is 5.86. The minimum Gasteiger partial charge on any atom is -0.491 e. The van der Waals surface area contributed by atoms with Crippen LogP contribution >= 0.6 is 11.8 Å². The molecule has 1 atom stereocenters. The molecule has 1 amide bonds. The maximum absolute atomic E-state index is 12.9. The van der Waals surface area contributed by atoms with E-state index >= 15 is 0 Å². The molecule has 1 saturated heterocycles. The zero-order valence-corrected chi connectivity index (χ0v) is 15.3. The third-order valence-corrected chi connectivity index (χ3v) is 4.71.